The first-order valence-electron chi connectivity index (χ1n) is 8.57. The summed E-state index contributed by atoms with van der Waals surface area (Å²) in [5, 5.41) is 0. The summed E-state index contributed by atoms with van der Waals surface area (Å²) in [5.41, 5.74) is 0.864. The van der Waals surface area contributed by atoms with Crippen LogP contribution in [0.15, 0.2) is 71.3 Å². The van der Waals surface area contributed by atoms with Crippen LogP contribution in [0.1, 0.15) is 11.1 Å². The quantitative estimate of drug-likeness (QED) is 0.422. The number of nitrogens with zero attached hydrogens (tertiary/aromatic N) is 2. The van der Waals surface area contributed by atoms with Crippen molar-refractivity contribution in [3.63, 3.8) is 0 Å². The van der Waals surface area contributed by atoms with Crippen molar-refractivity contribution in [2.75, 3.05) is 7.11 Å². The Kier molecular flexibility index (Phi) is 5.51. The van der Waals surface area contributed by atoms with Gasteiger partial charge in [0.25, 0.3) is 15.9 Å². The molecule has 0 radical (unpaired) electrons. The lowest BCUT2D eigenvalue weighted by Crippen LogP contribution is -2.36. The SMILES string of the molecule is COC(=O)/C=C1/C(=O)N(Cc2ccccc2)C(=O)N1S(=O)(=O)c1ccc(C)cc1. The van der Waals surface area contributed by atoms with E-state index in [2.05, 4.69) is 4.74 Å². The van der Waals surface area contributed by atoms with Gasteiger partial charge in [0.2, 0.25) is 0 Å². The number of amides is 3. The Morgan fingerprint density at radius 2 is 1.66 bits per heavy atom. The maximum absolute atomic E-state index is 13.1. The van der Waals surface area contributed by atoms with Gasteiger partial charge in [0.15, 0.2) is 0 Å². The molecule has 3 rings (SSSR count). The number of rotatable bonds is 5. The van der Waals surface area contributed by atoms with Gasteiger partial charge in [0, 0.05) is 0 Å². The second-order valence-electron chi connectivity index (χ2n) is 6.29. The zero-order valence-electron chi connectivity index (χ0n) is 15.7. The summed E-state index contributed by atoms with van der Waals surface area (Å²) in [6.45, 7) is 1.64. The van der Waals surface area contributed by atoms with E-state index in [-0.39, 0.29) is 11.4 Å². The molecule has 1 heterocycles. The molecule has 2 aromatic rings. The van der Waals surface area contributed by atoms with Gasteiger partial charge >= 0.3 is 12.0 Å². The topological polar surface area (TPSA) is 101 Å². The molecular weight excluding hydrogens is 396 g/mol. The van der Waals surface area contributed by atoms with Gasteiger partial charge in [0.05, 0.1) is 24.6 Å². The molecule has 29 heavy (non-hydrogen) atoms. The summed E-state index contributed by atoms with van der Waals surface area (Å²) in [7, 11) is -3.34. The van der Waals surface area contributed by atoms with Crippen molar-refractivity contribution in [2.45, 2.75) is 18.4 Å². The standard InChI is InChI=1S/C20H18N2O6S/c1-14-8-10-16(11-9-14)29(26,27)22-17(12-18(23)28-2)19(24)21(20(22)25)13-15-6-4-3-5-7-15/h3-12H,13H2,1-2H3/b17-12-. The summed E-state index contributed by atoms with van der Waals surface area (Å²) in [5.74, 6) is -1.85. The summed E-state index contributed by atoms with van der Waals surface area (Å²) in [6.07, 6.45) is 0.705. The summed E-state index contributed by atoms with van der Waals surface area (Å²) in [6, 6.07) is 13.4. The molecule has 0 spiro atoms. The van der Waals surface area contributed by atoms with Crippen molar-refractivity contribution in [1.29, 1.82) is 0 Å². The van der Waals surface area contributed by atoms with E-state index in [4.69, 9.17) is 0 Å². The number of benzene rings is 2. The Balaban J connectivity index is 2.08. The molecule has 0 aliphatic carbocycles. The lowest BCUT2D eigenvalue weighted by molar-refractivity contribution is -0.135. The number of carbonyl (C=O) groups excluding carboxylic acids is 3. The van der Waals surface area contributed by atoms with Crippen LogP contribution in [0.4, 0.5) is 4.79 Å². The van der Waals surface area contributed by atoms with E-state index in [0.29, 0.717) is 15.9 Å². The number of carbonyl (C=O) groups is 3. The van der Waals surface area contributed by atoms with Crippen molar-refractivity contribution in [2.24, 2.45) is 0 Å². The van der Waals surface area contributed by atoms with Gasteiger partial charge in [-0.3, -0.25) is 9.69 Å². The molecule has 150 valence electrons. The number of hydrogen-bond donors (Lipinski definition) is 0. The average Bonchev–Trinajstić information content (AvgIpc) is 2.93. The van der Waals surface area contributed by atoms with Crippen molar-refractivity contribution in [3.05, 3.63) is 77.5 Å². The maximum Gasteiger partial charge on any atom is 0.346 e. The molecule has 8 nitrogen and oxygen atoms in total. The third kappa shape index (κ3) is 3.90. The summed E-state index contributed by atoms with van der Waals surface area (Å²) < 4.78 is 31.1. The normalized spacial score (nSPS) is 15.9. The predicted molar refractivity (Wildman–Crippen MR) is 103 cm³/mol. The lowest BCUT2D eigenvalue weighted by atomic mass is 10.2. The van der Waals surface area contributed by atoms with E-state index in [1.165, 1.54) is 12.1 Å². The first-order valence-corrected chi connectivity index (χ1v) is 10.0. The number of hydrogen-bond acceptors (Lipinski definition) is 6. The van der Waals surface area contributed by atoms with E-state index in [1.807, 2.05) is 0 Å². The van der Waals surface area contributed by atoms with Gasteiger partial charge < -0.3 is 4.74 Å². The predicted octanol–water partition coefficient (Wildman–Crippen LogP) is 2.21. The molecule has 9 heteroatoms. The van der Waals surface area contributed by atoms with Crippen LogP contribution in [0, 0.1) is 6.92 Å². The molecule has 0 N–H and O–H groups in total. The fraction of sp³-hybridized carbons (Fsp3) is 0.150. The average molecular weight is 414 g/mol. The van der Waals surface area contributed by atoms with Gasteiger partial charge in [0.1, 0.15) is 5.70 Å². The number of methoxy groups -OCH3 is 1. The molecule has 2 aromatic carbocycles. The van der Waals surface area contributed by atoms with Gasteiger partial charge in [-0.2, -0.15) is 4.31 Å². The number of ether oxygens (including phenoxy) is 1. The minimum absolute atomic E-state index is 0.142. The van der Waals surface area contributed by atoms with Crippen molar-refractivity contribution in [1.82, 2.24) is 9.21 Å². The van der Waals surface area contributed by atoms with Gasteiger partial charge in [-0.25, -0.2) is 18.0 Å². The molecule has 1 aliphatic heterocycles. The third-order valence-corrected chi connectivity index (χ3v) is 5.99. The minimum Gasteiger partial charge on any atom is -0.466 e. The smallest absolute Gasteiger partial charge is 0.346 e. The highest BCUT2D eigenvalue weighted by Gasteiger charge is 2.48. The van der Waals surface area contributed by atoms with Crippen LogP contribution in [-0.4, -0.2) is 42.6 Å². The Labute approximate surface area is 168 Å². The van der Waals surface area contributed by atoms with Crippen LogP contribution >= 0.6 is 0 Å². The van der Waals surface area contributed by atoms with Gasteiger partial charge in [-0.05, 0) is 24.6 Å². The molecule has 3 amide bonds. The summed E-state index contributed by atoms with van der Waals surface area (Å²) in [4.78, 5) is 38.1. The highest BCUT2D eigenvalue weighted by molar-refractivity contribution is 7.89. The minimum atomic E-state index is -4.42. The van der Waals surface area contributed by atoms with E-state index in [9.17, 15) is 22.8 Å². The van der Waals surface area contributed by atoms with Crippen LogP contribution in [-0.2, 0) is 30.9 Å². The molecule has 0 bridgehead atoms. The van der Waals surface area contributed by atoms with Gasteiger partial charge in [-0.1, -0.05) is 48.0 Å². The second-order valence-corrected chi connectivity index (χ2v) is 8.08. The lowest BCUT2D eigenvalue weighted by Gasteiger charge is -2.17. The summed E-state index contributed by atoms with van der Waals surface area (Å²) >= 11 is 0. The third-order valence-electron chi connectivity index (χ3n) is 4.29. The van der Waals surface area contributed by atoms with Crippen LogP contribution < -0.4 is 0 Å². The van der Waals surface area contributed by atoms with Crippen molar-refractivity contribution >= 4 is 27.9 Å². The number of urea groups is 1. The van der Waals surface area contributed by atoms with Crippen molar-refractivity contribution in [3.8, 4) is 0 Å². The molecule has 0 atom stereocenters. The zero-order valence-corrected chi connectivity index (χ0v) is 16.5. The van der Waals surface area contributed by atoms with Crippen LogP contribution in [0.2, 0.25) is 0 Å². The van der Waals surface area contributed by atoms with Gasteiger partial charge in [-0.15, -0.1) is 0 Å². The Bertz CT molecular complexity index is 1090. The molecule has 0 unspecified atom stereocenters. The zero-order chi connectivity index (χ0) is 21.2. The highest BCUT2D eigenvalue weighted by atomic mass is 32.2. The first kappa shape index (κ1) is 20.3. The second kappa shape index (κ2) is 7.88. The van der Waals surface area contributed by atoms with E-state index < -0.39 is 33.6 Å². The monoisotopic (exact) mass is 414 g/mol. The maximum atomic E-state index is 13.1. The fourth-order valence-corrected chi connectivity index (χ4v) is 4.15. The Morgan fingerprint density at radius 3 is 2.24 bits per heavy atom. The van der Waals surface area contributed by atoms with Crippen LogP contribution in [0.25, 0.3) is 0 Å². The first-order chi connectivity index (χ1) is 13.8. The fourth-order valence-electron chi connectivity index (χ4n) is 2.77. The van der Waals surface area contributed by atoms with Crippen molar-refractivity contribution < 1.29 is 27.5 Å². The molecule has 1 fully saturated rings. The number of imide groups is 1. The molecule has 0 aromatic heterocycles. The van der Waals surface area contributed by atoms with Crippen LogP contribution in [0.5, 0.6) is 0 Å². The number of sulfonamides is 1. The van der Waals surface area contributed by atoms with Crippen LogP contribution in [0.3, 0.4) is 0 Å². The number of aryl methyl sites for hydroxylation is 1. The molecular formula is C20H18N2O6S. The largest absolute Gasteiger partial charge is 0.466 e. The molecule has 1 saturated heterocycles. The van der Waals surface area contributed by atoms with E-state index in [0.717, 1.165) is 17.6 Å². The Hall–Kier alpha value is -3.46. The van der Waals surface area contributed by atoms with E-state index >= 15 is 0 Å². The number of esters is 1. The molecule has 0 saturated carbocycles. The van der Waals surface area contributed by atoms with E-state index in [1.54, 1.807) is 49.4 Å². The highest BCUT2D eigenvalue weighted by Crippen LogP contribution is 2.30. The molecule has 1 aliphatic rings. The Morgan fingerprint density at radius 1 is 1.03 bits per heavy atom.